The second-order valence-corrected chi connectivity index (χ2v) is 4.02. The van der Waals surface area contributed by atoms with Gasteiger partial charge in [-0.05, 0) is 24.3 Å². The Kier molecular flexibility index (Phi) is 3.31. The maximum absolute atomic E-state index is 8.74. The van der Waals surface area contributed by atoms with Crippen molar-refractivity contribution in [2.24, 2.45) is 0 Å². The monoisotopic (exact) mass is 259 g/mol. The molecule has 0 amide bonds. The SMILES string of the molecule is CN(c1ccc(C#N)cc1)c1nc(N)ncc1Cl. The van der Waals surface area contributed by atoms with Crippen LogP contribution in [0.3, 0.4) is 0 Å². The molecule has 0 aliphatic heterocycles. The van der Waals surface area contributed by atoms with Gasteiger partial charge >= 0.3 is 0 Å². The molecule has 5 nitrogen and oxygen atoms in total. The summed E-state index contributed by atoms with van der Waals surface area (Å²) >= 11 is 6.02. The molecule has 0 unspecified atom stereocenters. The zero-order chi connectivity index (χ0) is 13.1. The molecular weight excluding hydrogens is 250 g/mol. The number of rotatable bonds is 2. The number of benzene rings is 1. The summed E-state index contributed by atoms with van der Waals surface area (Å²) in [5.74, 6) is 0.684. The van der Waals surface area contributed by atoms with Crippen LogP contribution < -0.4 is 10.6 Å². The van der Waals surface area contributed by atoms with Gasteiger partial charge in [-0.1, -0.05) is 11.6 Å². The van der Waals surface area contributed by atoms with Gasteiger partial charge in [-0.3, -0.25) is 0 Å². The van der Waals surface area contributed by atoms with Crippen LogP contribution in [0.1, 0.15) is 5.56 Å². The van der Waals surface area contributed by atoms with Gasteiger partial charge in [0.15, 0.2) is 5.82 Å². The van der Waals surface area contributed by atoms with E-state index in [2.05, 4.69) is 16.0 Å². The van der Waals surface area contributed by atoms with Crippen molar-refractivity contribution in [1.82, 2.24) is 9.97 Å². The van der Waals surface area contributed by atoms with E-state index in [0.29, 0.717) is 16.4 Å². The van der Waals surface area contributed by atoms with Crippen LogP contribution in [0.25, 0.3) is 0 Å². The molecule has 2 aromatic rings. The third-order valence-electron chi connectivity index (χ3n) is 2.45. The highest BCUT2D eigenvalue weighted by Crippen LogP contribution is 2.28. The van der Waals surface area contributed by atoms with Crippen molar-refractivity contribution in [2.75, 3.05) is 17.7 Å². The molecule has 0 radical (unpaired) electrons. The Morgan fingerprint density at radius 3 is 2.61 bits per heavy atom. The lowest BCUT2D eigenvalue weighted by Crippen LogP contribution is -2.13. The van der Waals surface area contributed by atoms with Gasteiger partial charge in [0, 0.05) is 12.7 Å². The van der Waals surface area contributed by atoms with E-state index >= 15 is 0 Å². The van der Waals surface area contributed by atoms with E-state index in [1.807, 2.05) is 19.2 Å². The quantitative estimate of drug-likeness (QED) is 0.896. The molecular formula is C12H10ClN5. The van der Waals surface area contributed by atoms with Crippen molar-refractivity contribution in [1.29, 1.82) is 5.26 Å². The van der Waals surface area contributed by atoms with E-state index in [9.17, 15) is 0 Å². The van der Waals surface area contributed by atoms with E-state index in [1.54, 1.807) is 17.0 Å². The number of nitrogens with zero attached hydrogens (tertiary/aromatic N) is 4. The Hall–Kier alpha value is -2.32. The van der Waals surface area contributed by atoms with Crippen LogP contribution in [0.15, 0.2) is 30.5 Å². The lowest BCUT2D eigenvalue weighted by molar-refractivity contribution is 1.09. The van der Waals surface area contributed by atoms with Crippen molar-refractivity contribution in [3.63, 3.8) is 0 Å². The minimum atomic E-state index is 0.162. The van der Waals surface area contributed by atoms with Crippen LogP contribution in [0.5, 0.6) is 0 Å². The first kappa shape index (κ1) is 12.1. The van der Waals surface area contributed by atoms with Gasteiger partial charge in [-0.25, -0.2) is 4.98 Å². The zero-order valence-corrected chi connectivity index (χ0v) is 10.4. The van der Waals surface area contributed by atoms with Crippen molar-refractivity contribution in [2.45, 2.75) is 0 Å². The van der Waals surface area contributed by atoms with Crippen LogP contribution in [0.2, 0.25) is 5.02 Å². The Morgan fingerprint density at radius 2 is 2.00 bits per heavy atom. The third kappa shape index (κ3) is 2.34. The van der Waals surface area contributed by atoms with Crippen LogP contribution in [-0.4, -0.2) is 17.0 Å². The standard InChI is InChI=1S/C12H10ClN5/c1-18(9-4-2-8(6-14)3-5-9)11-10(13)7-16-12(15)17-11/h2-5,7H,1H3,(H2,15,16,17). The summed E-state index contributed by atoms with van der Waals surface area (Å²) < 4.78 is 0. The fraction of sp³-hybridized carbons (Fsp3) is 0.0833. The van der Waals surface area contributed by atoms with Crippen molar-refractivity contribution >= 4 is 29.1 Å². The van der Waals surface area contributed by atoms with Crippen LogP contribution in [0.4, 0.5) is 17.5 Å². The molecule has 1 aromatic carbocycles. The van der Waals surface area contributed by atoms with Gasteiger partial charge < -0.3 is 10.6 Å². The number of nitrogens with two attached hydrogens (primary N) is 1. The Balaban J connectivity index is 2.38. The molecule has 0 fully saturated rings. The number of hydrogen-bond acceptors (Lipinski definition) is 5. The highest BCUT2D eigenvalue weighted by molar-refractivity contribution is 6.33. The summed E-state index contributed by atoms with van der Waals surface area (Å²) in [6.07, 6.45) is 1.46. The largest absolute Gasteiger partial charge is 0.368 e. The lowest BCUT2D eigenvalue weighted by Gasteiger charge is -2.19. The minimum absolute atomic E-state index is 0.162. The molecule has 0 aliphatic rings. The molecule has 2 rings (SSSR count). The van der Waals surface area contributed by atoms with Gasteiger partial charge in [0.05, 0.1) is 17.8 Å². The maximum atomic E-state index is 8.74. The molecule has 0 aliphatic carbocycles. The Labute approximate surface area is 109 Å². The first-order valence-electron chi connectivity index (χ1n) is 5.13. The van der Waals surface area contributed by atoms with E-state index in [0.717, 1.165) is 5.69 Å². The summed E-state index contributed by atoms with van der Waals surface area (Å²) in [5.41, 5.74) is 6.99. The molecule has 18 heavy (non-hydrogen) atoms. The summed E-state index contributed by atoms with van der Waals surface area (Å²) in [4.78, 5) is 9.67. The molecule has 6 heteroatoms. The summed E-state index contributed by atoms with van der Waals surface area (Å²) in [5, 5.41) is 9.16. The topological polar surface area (TPSA) is 78.8 Å². The van der Waals surface area contributed by atoms with Crippen LogP contribution >= 0.6 is 11.6 Å². The van der Waals surface area contributed by atoms with Gasteiger partial charge in [-0.15, -0.1) is 0 Å². The fourth-order valence-electron chi connectivity index (χ4n) is 1.49. The van der Waals surface area contributed by atoms with Crippen molar-refractivity contribution in [3.8, 4) is 6.07 Å². The van der Waals surface area contributed by atoms with Crippen LogP contribution in [0, 0.1) is 11.3 Å². The molecule has 0 atom stereocenters. The average Bonchev–Trinajstić information content (AvgIpc) is 2.41. The third-order valence-corrected chi connectivity index (χ3v) is 2.71. The normalized spacial score (nSPS) is 9.83. The smallest absolute Gasteiger partial charge is 0.222 e. The summed E-state index contributed by atoms with van der Waals surface area (Å²) in [7, 11) is 1.81. The number of hydrogen-bond donors (Lipinski definition) is 1. The average molecular weight is 260 g/mol. The van der Waals surface area contributed by atoms with Crippen molar-refractivity contribution < 1.29 is 0 Å². The lowest BCUT2D eigenvalue weighted by atomic mass is 10.2. The Morgan fingerprint density at radius 1 is 1.33 bits per heavy atom. The van der Waals surface area contributed by atoms with Gasteiger partial charge in [0.1, 0.15) is 5.02 Å². The fourth-order valence-corrected chi connectivity index (χ4v) is 1.71. The summed E-state index contributed by atoms with van der Waals surface area (Å²) in [6.45, 7) is 0. The van der Waals surface area contributed by atoms with Crippen LogP contribution in [-0.2, 0) is 0 Å². The first-order chi connectivity index (χ1) is 8.61. The molecule has 1 heterocycles. The molecule has 0 bridgehead atoms. The van der Waals surface area contributed by atoms with E-state index in [4.69, 9.17) is 22.6 Å². The van der Waals surface area contributed by atoms with Gasteiger partial charge in [0.25, 0.3) is 0 Å². The predicted octanol–water partition coefficient (Wildman–Crippen LogP) is 2.35. The highest BCUT2D eigenvalue weighted by atomic mass is 35.5. The number of nitriles is 1. The second-order valence-electron chi connectivity index (χ2n) is 3.62. The second kappa shape index (κ2) is 4.90. The molecule has 0 saturated heterocycles. The molecule has 1 aromatic heterocycles. The van der Waals surface area contributed by atoms with E-state index in [1.165, 1.54) is 6.20 Å². The molecule has 0 spiro atoms. The molecule has 2 N–H and O–H groups in total. The van der Waals surface area contributed by atoms with E-state index < -0.39 is 0 Å². The van der Waals surface area contributed by atoms with E-state index in [-0.39, 0.29) is 5.95 Å². The zero-order valence-electron chi connectivity index (χ0n) is 9.63. The molecule has 90 valence electrons. The first-order valence-corrected chi connectivity index (χ1v) is 5.51. The van der Waals surface area contributed by atoms with Crippen molar-refractivity contribution in [3.05, 3.63) is 41.0 Å². The Bertz CT molecular complexity index is 603. The van der Waals surface area contributed by atoms with Gasteiger partial charge in [-0.2, -0.15) is 10.2 Å². The van der Waals surface area contributed by atoms with Gasteiger partial charge in [0.2, 0.25) is 5.95 Å². The summed E-state index contributed by atoms with van der Waals surface area (Å²) in [6, 6.07) is 9.14. The minimum Gasteiger partial charge on any atom is -0.368 e. The highest BCUT2D eigenvalue weighted by Gasteiger charge is 2.11. The molecule has 0 saturated carbocycles. The number of halogens is 1. The number of aromatic nitrogens is 2. The predicted molar refractivity (Wildman–Crippen MR) is 70.7 cm³/mol. The number of nitrogen functional groups attached to an aromatic ring is 1. The maximum Gasteiger partial charge on any atom is 0.222 e. The number of anilines is 3.